The van der Waals surface area contributed by atoms with Gasteiger partial charge in [-0.05, 0) is 18.2 Å². The summed E-state index contributed by atoms with van der Waals surface area (Å²) in [5.74, 6) is 0.0301. The van der Waals surface area contributed by atoms with Crippen molar-refractivity contribution in [3.63, 3.8) is 0 Å². The highest BCUT2D eigenvalue weighted by Crippen LogP contribution is 2.06. The summed E-state index contributed by atoms with van der Waals surface area (Å²) in [6, 6.07) is 5.95. The fourth-order valence-corrected chi connectivity index (χ4v) is 1.98. The first-order valence-electron chi connectivity index (χ1n) is 5.83. The van der Waals surface area contributed by atoms with Gasteiger partial charge in [-0.25, -0.2) is 0 Å². The molecule has 0 saturated carbocycles. The van der Waals surface area contributed by atoms with Gasteiger partial charge in [0, 0.05) is 38.9 Å². The van der Waals surface area contributed by atoms with Crippen molar-refractivity contribution < 1.29 is 4.79 Å². The smallest absolute Gasteiger partial charge is 0.246 e. The van der Waals surface area contributed by atoms with Gasteiger partial charge in [0.05, 0.1) is 5.69 Å². The summed E-state index contributed by atoms with van der Waals surface area (Å²) < 4.78 is 0. The van der Waals surface area contributed by atoms with E-state index in [1.165, 1.54) is 6.08 Å². The van der Waals surface area contributed by atoms with Crippen molar-refractivity contribution >= 4 is 5.91 Å². The van der Waals surface area contributed by atoms with E-state index in [0.717, 1.165) is 38.4 Å². The van der Waals surface area contributed by atoms with Gasteiger partial charge in [-0.3, -0.25) is 14.7 Å². The van der Waals surface area contributed by atoms with Gasteiger partial charge in [0.25, 0.3) is 0 Å². The Kier molecular flexibility index (Phi) is 3.88. The molecule has 17 heavy (non-hydrogen) atoms. The first kappa shape index (κ1) is 11.8. The minimum absolute atomic E-state index is 0.0301. The lowest BCUT2D eigenvalue weighted by molar-refractivity contribution is -0.127. The molecule has 0 aliphatic carbocycles. The molecule has 1 aliphatic heterocycles. The Morgan fingerprint density at radius 3 is 2.71 bits per heavy atom. The Labute approximate surface area is 102 Å². The number of amides is 1. The van der Waals surface area contributed by atoms with Gasteiger partial charge in [-0.2, -0.15) is 0 Å². The van der Waals surface area contributed by atoms with E-state index >= 15 is 0 Å². The van der Waals surface area contributed by atoms with Gasteiger partial charge in [0.15, 0.2) is 0 Å². The number of rotatable bonds is 3. The second-order valence-corrected chi connectivity index (χ2v) is 4.13. The SMILES string of the molecule is C=CC(=O)N1CCN(Cc2ccccn2)CC1. The molecule has 1 amide bonds. The zero-order chi connectivity index (χ0) is 12.1. The van der Waals surface area contributed by atoms with Crippen LogP contribution >= 0.6 is 0 Å². The molecule has 1 aromatic rings. The zero-order valence-corrected chi connectivity index (χ0v) is 9.88. The van der Waals surface area contributed by atoms with Crippen LogP contribution in [0, 0.1) is 0 Å². The average Bonchev–Trinajstić information content (AvgIpc) is 2.40. The van der Waals surface area contributed by atoms with E-state index in [9.17, 15) is 4.79 Å². The van der Waals surface area contributed by atoms with Crippen LogP contribution in [0.15, 0.2) is 37.1 Å². The molecule has 1 aliphatic rings. The Morgan fingerprint density at radius 2 is 2.12 bits per heavy atom. The van der Waals surface area contributed by atoms with Crippen LogP contribution in [0.25, 0.3) is 0 Å². The van der Waals surface area contributed by atoms with Gasteiger partial charge < -0.3 is 4.90 Å². The number of nitrogens with zero attached hydrogens (tertiary/aromatic N) is 3. The third-order valence-electron chi connectivity index (χ3n) is 2.97. The molecule has 90 valence electrons. The van der Waals surface area contributed by atoms with Crippen molar-refractivity contribution in [3.8, 4) is 0 Å². The van der Waals surface area contributed by atoms with Crippen molar-refractivity contribution in [2.24, 2.45) is 0 Å². The number of hydrogen-bond donors (Lipinski definition) is 0. The van der Waals surface area contributed by atoms with E-state index in [-0.39, 0.29) is 5.91 Å². The standard InChI is InChI=1S/C13H17N3O/c1-2-13(17)16-9-7-15(8-10-16)11-12-5-3-4-6-14-12/h2-6H,1,7-11H2. The quantitative estimate of drug-likeness (QED) is 0.726. The lowest BCUT2D eigenvalue weighted by atomic mass is 10.2. The van der Waals surface area contributed by atoms with E-state index in [1.54, 1.807) is 0 Å². The van der Waals surface area contributed by atoms with Gasteiger partial charge in [-0.1, -0.05) is 12.6 Å². The van der Waals surface area contributed by atoms with E-state index in [1.807, 2.05) is 29.3 Å². The maximum atomic E-state index is 11.4. The Morgan fingerprint density at radius 1 is 1.35 bits per heavy atom. The van der Waals surface area contributed by atoms with Gasteiger partial charge in [0.1, 0.15) is 0 Å². The molecule has 1 fully saturated rings. The summed E-state index contributed by atoms with van der Waals surface area (Å²) in [5.41, 5.74) is 1.08. The van der Waals surface area contributed by atoms with Crippen molar-refractivity contribution in [1.29, 1.82) is 0 Å². The van der Waals surface area contributed by atoms with Crippen LogP contribution in [0.3, 0.4) is 0 Å². The molecule has 0 aromatic carbocycles. The summed E-state index contributed by atoms with van der Waals surface area (Å²) in [6.07, 6.45) is 3.20. The van der Waals surface area contributed by atoms with Crippen LogP contribution in [0.2, 0.25) is 0 Å². The molecule has 2 heterocycles. The second-order valence-electron chi connectivity index (χ2n) is 4.13. The first-order chi connectivity index (χ1) is 8.29. The van der Waals surface area contributed by atoms with Crippen molar-refractivity contribution in [2.75, 3.05) is 26.2 Å². The topological polar surface area (TPSA) is 36.4 Å². The molecule has 0 bridgehead atoms. The van der Waals surface area contributed by atoms with Crippen molar-refractivity contribution in [1.82, 2.24) is 14.8 Å². The van der Waals surface area contributed by atoms with E-state index in [0.29, 0.717) is 0 Å². The molecule has 2 rings (SSSR count). The summed E-state index contributed by atoms with van der Waals surface area (Å²) >= 11 is 0. The summed E-state index contributed by atoms with van der Waals surface area (Å²) in [7, 11) is 0. The highest BCUT2D eigenvalue weighted by atomic mass is 16.2. The lowest BCUT2D eigenvalue weighted by Gasteiger charge is -2.33. The molecule has 4 nitrogen and oxygen atoms in total. The van der Waals surface area contributed by atoms with E-state index < -0.39 is 0 Å². The van der Waals surface area contributed by atoms with E-state index in [2.05, 4.69) is 16.5 Å². The molecule has 0 atom stereocenters. The Balaban J connectivity index is 1.83. The Bertz CT molecular complexity index is 383. The molecule has 0 unspecified atom stereocenters. The second kappa shape index (κ2) is 5.59. The van der Waals surface area contributed by atoms with Crippen LogP contribution in [-0.4, -0.2) is 46.9 Å². The minimum atomic E-state index is 0.0301. The molecule has 0 N–H and O–H groups in total. The summed E-state index contributed by atoms with van der Waals surface area (Å²) in [6.45, 7) is 7.71. The fraction of sp³-hybridized carbons (Fsp3) is 0.385. The Hall–Kier alpha value is -1.68. The summed E-state index contributed by atoms with van der Waals surface area (Å²) in [4.78, 5) is 19.9. The first-order valence-corrected chi connectivity index (χ1v) is 5.83. The molecular formula is C13H17N3O. The predicted molar refractivity (Wildman–Crippen MR) is 66.3 cm³/mol. The highest BCUT2D eigenvalue weighted by molar-refractivity contribution is 5.87. The number of aromatic nitrogens is 1. The molecule has 1 saturated heterocycles. The predicted octanol–water partition coefficient (Wildman–Crippen LogP) is 0.912. The molecule has 4 heteroatoms. The number of pyridine rings is 1. The molecule has 0 radical (unpaired) electrons. The highest BCUT2D eigenvalue weighted by Gasteiger charge is 2.19. The van der Waals surface area contributed by atoms with Crippen molar-refractivity contribution in [2.45, 2.75) is 6.54 Å². The normalized spacial score (nSPS) is 16.8. The largest absolute Gasteiger partial charge is 0.337 e. The van der Waals surface area contributed by atoms with Crippen LogP contribution in [-0.2, 0) is 11.3 Å². The molecule has 1 aromatic heterocycles. The van der Waals surface area contributed by atoms with Gasteiger partial charge in [-0.15, -0.1) is 0 Å². The molecule has 0 spiro atoms. The number of piperazine rings is 1. The number of hydrogen-bond acceptors (Lipinski definition) is 3. The fourth-order valence-electron chi connectivity index (χ4n) is 1.98. The van der Waals surface area contributed by atoms with Crippen molar-refractivity contribution in [3.05, 3.63) is 42.7 Å². The van der Waals surface area contributed by atoms with Crippen LogP contribution in [0.5, 0.6) is 0 Å². The maximum absolute atomic E-state index is 11.4. The average molecular weight is 231 g/mol. The summed E-state index contributed by atoms with van der Waals surface area (Å²) in [5, 5.41) is 0. The minimum Gasteiger partial charge on any atom is -0.337 e. The maximum Gasteiger partial charge on any atom is 0.246 e. The monoisotopic (exact) mass is 231 g/mol. The number of carbonyl (C=O) groups excluding carboxylic acids is 1. The van der Waals surface area contributed by atoms with Gasteiger partial charge >= 0.3 is 0 Å². The van der Waals surface area contributed by atoms with Gasteiger partial charge in [0.2, 0.25) is 5.91 Å². The third kappa shape index (κ3) is 3.14. The van der Waals surface area contributed by atoms with Crippen LogP contribution in [0.4, 0.5) is 0 Å². The molecular weight excluding hydrogens is 214 g/mol. The van der Waals surface area contributed by atoms with Crippen LogP contribution < -0.4 is 0 Å². The third-order valence-corrected chi connectivity index (χ3v) is 2.97. The number of carbonyl (C=O) groups is 1. The lowest BCUT2D eigenvalue weighted by Crippen LogP contribution is -2.47. The van der Waals surface area contributed by atoms with Crippen LogP contribution in [0.1, 0.15) is 5.69 Å². The zero-order valence-electron chi connectivity index (χ0n) is 9.88. The van der Waals surface area contributed by atoms with E-state index in [4.69, 9.17) is 0 Å².